The third kappa shape index (κ3) is 3.93. The van der Waals surface area contributed by atoms with E-state index in [1.54, 1.807) is 0 Å². The molecule has 2 aliphatic rings. The fourth-order valence-corrected chi connectivity index (χ4v) is 4.57. The van der Waals surface area contributed by atoms with E-state index in [-0.39, 0.29) is 11.8 Å². The van der Waals surface area contributed by atoms with Gasteiger partial charge in [0.05, 0.1) is 5.41 Å². The molecule has 0 spiro atoms. The highest BCUT2D eigenvalue weighted by molar-refractivity contribution is 5.91. The molecule has 1 aliphatic heterocycles. The predicted molar refractivity (Wildman–Crippen MR) is 121 cm³/mol. The number of hydrogen-bond donors (Lipinski definition) is 1. The standard InChI is InChI=1S/C25H31N3O2/c1-3-23(29)26-21-10-8-20(9-11-21)25(12-5-13-25)24(30)28-16-14-27(15-17-28)22-7-4-6-19(2)18-22/h4,6-11,18H,3,5,12-17H2,1-2H3,(H,26,29). The highest BCUT2D eigenvalue weighted by atomic mass is 16.2. The summed E-state index contributed by atoms with van der Waals surface area (Å²) in [7, 11) is 0. The number of amides is 2. The maximum atomic E-state index is 13.5. The van der Waals surface area contributed by atoms with Gasteiger partial charge in [0.15, 0.2) is 0 Å². The van der Waals surface area contributed by atoms with Crippen molar-refractivity contribution in [1.82, 2.24) is 4.90 Å². The van der Waals surface area contributed by atoms with Gasteiger partial charge in [0, 0.05) is 44.0 Å². The maximum absolute atomic E-state index is 13.5. The Hall–Kier alpha value is -2.82. The van der Waals surface area contributed by atoms with E-state index in [1.165, 1.54) is 11.3 Å². The van der Waals surface area contributed by atoms with E-state index in [4.69, 9.17) is 0 Å². The van der Waals surface area contributed by atoms with Crippen molar-refractivity contribution in [1.29, 1.82) is 0 Å². The van der Waals surface area contributed by atoms with Crippen LogP contribution >= 0.6 is 0 Å². The zero-order valence-corrected chi connectivity index (χ0v) is 18.0. The number of carbonyl (C=O) groups excluding carboxylic acids is 2. The van der Waals surface area contributed by atoms with Gasteiger partial charge in [0.25, 0.3) is 0 Å². The van der Waals surface area contributed by atoms with Gasteiger partial charge in [-0.1, -0.05) is 37.6 Å². The lowest BCUT2D eigenvalue weighted by atomic mass is 9.63. The van der Waals surface area contributed by atoms with Crippen LogP contribution in [-0.4, -0.2) is 42.9 Å². The van der Waals surface area contributed by atoms with Crippen molar-refractivity contribution in [3.8, 4) is 0 Å². The molecule has 2 aromatic carbocycles. The van der Waals surface area contributed by atoms with Crippen LogP contribution in [0.25, 0.3) is 0 Å². The lowest BCUT2D eigenvalue weighted by Crippen LogP contribution is -2.56. The van der Waals surface area contributed by atoms with Crippen molar-refractivity contribution in [3.05, 3.63) is 59.7 Å². The summed E-state index contributed by atoms with van der Waals surface area (Å²) in [6.07, 6.45) is 3.36. The van der Waals surface area contributed by atoms with Crippen LogP contribution in [0.15, 0.2) is 48.5 Å². The van der Waals surface area contributed by atoms with Crippen LogP contribution in [0.1, 0.15) is 43.7 Å². The van der Waals surface area contributed by atoms with Crippen LogP contribution in [0, 0.1) is 6.92 Å². The highest BCUT2D eigenvalue weighted by Crippen LogP contribution is 2.45. The summed E-state index contributed by atoms with van der Waals surface area (Å²) in [6, 6.07) is 16.5. The van der Waals surface area contributed by atoms with Crippen molar-refractivity contribution in [2.45, 2.75) is 44.9 Å². The Kier molecular flexibility index (Phi) is 5.80. The molecule has 0 aromatic heterocycles. The molecule has 5 heteroatoms. The third-order valence-corrected chi connectivity index (χ3v) is 6.59. The first-order chi connectivity index (χ1) is 14.5. The first-order valence-corrected chi connectivity index (χ1v) is 11.0. The average molecular weight is 406 g/mol. The summed E-state index contributed by atoms with van der Waals surface area (Å²) in [5, 5.41) is 2.88. The van der Waals surface area contributed by atoms with Crippen molar-refractivity contribution < 1.29 is 9.59 Å². The second-order valence-corrected chi connectivity index (χ2v) is 8.53. The largest absolute Gasteiger partial charge is 0.368 e. The number of aryl methyl sites for hydroxylation is 1. The molecular formula is C25H31N3O2. The molecule has 0 atom stereocenters. The van der Waals surface area contributed by atoms with Gasteiger partial charge in [-0.3, -0.25) is 9.59 Å². The van der Waals surface area contributed by atoms with Crippen LogP contribution in [0.5, 0.6) is 0 Å². The minimum absolute atomic E-state index is 0.00339. The van der Waals surface area contributed by atoms with Crippen molar-refractivity contribution >= 4 is 23.2 Å². The summed E-state index contributed by atoms with van der Waals surface area (Å²) in [4.78, 5) is 29.6. The van der Waals surface area contributed by atoms with Crippen LogP contribution in [0.2, 0.25) is 0 Å². The van der Waals surface area contributed by atoms with Crippen LogP contribution in [0.3, 0.4) is 0 Å². The monoisotopic (exact) mass is 405 g/mol. The van der Waals surface area contributed by atoms with E-state index >= 15 is 0 Å². The Balaban J connectivity index is 1.43. The number of benzene rings is 2. The Morgan fingerprint density at radius 3 is 2.27 bits per heavy atom. The Morgan fingerprint density at radius 2 is 1.70 bits per heavy atom. The summed E-state index contributed by atoms with van der Waals surface area (Å²) in [5.41, 5.74) is 3.98. The molecular weight excluding hydrogens is 374 g/mol. The normalized spacial score (nSPS) is 17.9. The Bertz CT molecular complexity index is 910. The first-order valence-electron chi connectivity index (χ1n) is 11.0. The lowest BCUT2D eigenvalue weighted by molar-refractivity contribution is -0.141. The van der Waals surface area contributed by atoms with Gasteiger partial charge < -0.3 is 15.1 Å². The molecule has 0 unspecified atom stereocenters. The number of anilines is 2. The van der Waals surface area contributed by atoms with E-state index in [0.29, 0.717) is 6.42 Å². The summed E-state index contributed by atoms with van der Waals surface area (Å²) >= 11 is 0. The van der Waals surface area contributed by atoms with E-state index < -0.39 is 5.41 Å². The lowest BCUT2D eigenvalue weighted by Gasteiger charge is -2.46. The molecule has 2 amide bonds. The van der Waals surface area contributed by atoms with Gasteiger partial charge in [0.2, 0.25) is 11.8 Å². The van der Waals surface area contributed by atoms with Crippen molar-refractivity contribution in [2.24, 2.45) is 0 Å². The second kappa shape index (κ2) is 8.50. The van der Waals surface area contributed by atoms with E-state index in [2.05, 4.69) is 46.3 Å². The number of piperazine rings is 1. The van der Waals surface area contributed by atoms with Gasteiger partial charge in [0.1, 0.15) is 0 Å². The molecule has 2 aromatic rings. The summed E-state index contributed by atoms with van der Waals surface area (Å²) in [5.74, 6) is 0.270. The predicted octanol–water partition coefficient (Wildman–Crippen LogP) is 4.11. The second-order valence-electron chi connectivity index (χ2n) is 8.53. The summed E-state index contributed by atoms with van der Waals surface area (Å²) < 4.78 is 0. The molecule has 1 N–H and O–H groups in total. The number of nitrogens with one attached hydrogen (secondary N) is 1. The molecule has 5 nitrogen and oxygen atoms in total. The van der Waals surface area contributed by atoms with Gasteiger partial charge in [-0.2, -0.15) is 0 Å². The van der Waals surface area contributed by atoms with Gasteiger partial charge >= 0.3 is 0 Å². The van der Waals surface area contributed by atoms with Crippen molar-refractivity contribution in [3.63, 3.8) is 0 Å². The van der Waals surface area contributed by atoms with Crippen LogP contribution in [0.4, 0.5) is 11.4 Å². The quantitative estimate of drug-likeness (QED) is 0.814. The molecule has 0 bridgehead atoms. The minimum atomic E-state index is -0.390. The fraction of sp³-hybridized carbons (Fsp3) is 0.440. The number of rotatable bonds is 5. The smallest absolute Gasteiger partial charge is 0.233 e. The van der Waals surface area contributed by atoms with Gasteiger partial charge in [-0.15, -0.1) is 0 Å². The zero-order chi connectivity index (χ0) is 21.1. The summed E-state index contributed by atoms with van der Waals surface area (Å²) in [6.45, 7) is 7.21. The van der Waals surface area contributed by atoms with Gasteiger partial charge in [-0.25, -0.2) is 0 Å². The van der Waals surface area contributed by atoms with E-state index in [9.17, 15) is 9.59 Å². The fourth-order valence-electron chi connectivity index (χ4n) is 4.57. The molecule has 158 valence electrons. The molecule has 0 radical (unpaired) electrons. The van der Waals surface area contributed by atoms with Crippen LogP contribution < -0.4 is 10.2 Å². The topological polar surface area (TPSA) is 52.7 Å². The van der Waals surface area contributed by atoms with Gasteiger partial charge in [-0.05, 0) is 55.2 Å². The number of hydrogen-bond acceptors (Lipinski definition) is 3. The Morgan fingerprint density at radius 1 is 1.00 bits per heavy atom. The molecule has 1 saturated heterocycles. The molecule has 4 rings (SSSR count). The molecule has 2 fully saturated rings. The number of carbonyl (C=O) groups is 2. The maximum Gasteiger partial charge on any atom is 0.233 e. The van der Waals surface area contributed by atoms with E-state index in [0.717, 1.165) is 56.7 Å². The molecule has 30 heavy (non-hydrogen) atoms. The van der Waals surface area contributed by atoms with E-state index in [1.807, 2.05) is 31.2 Å². The average Bonchev–Trinajstić information content (AvgIpc) is 2.74. The molecule has 1 heterocycles. The van der Waals surface area contributed by atoms with Crippen molar-refractivity contribution in [2.75, 3.05) is 36.4 Å². The third-order valence-electron chi connectivity index (χ3n) is 6.59. The highest BCUT2D eigenvalue weighted by Gasteiger charge is 2.47. The molecule has 1 aliphatic carbocycles. The molecule has 1 saturated carbocycles. The zero-order valence-electron chi connectivity index (χ0n) is 18.0. The SMILES string of the molecule is CCC(=O)Nc1ccc(C2(C(=O)N3CCN(c4cccc(C)c4)CC3)CCC2)cc1. The number of nitrogens with zero attached hydrogens (tertiary/aromatic N) is 2. The minimum Gasteiger partial charge on any atom is -0.368 e. The first kappa shape index (κ1) is 20.5. The van der Waals surface area contributed by atoms with Crippen LogP contribution in [-0.2, 0) is 15.0 Å². The Labute approximate surface area is 179 Å².